The number of nitrogens with one attached hydrogen (secondary N) is 1. The Bertz CT molecular complexity index is 522. The van der Waals surface area contributed by atoms with Crippen molar-refractivity contribution in [3.63, 3.8) is 0 Å². The second kappa shape index (κ2) is 6.45. The average Bonchev–Trinajstić information content (AvgIpc) is 3.01. The summed E-state index contributed by atoms with van der Waals surface area (Å²) in [6.07, 6.45) is 3.45. The highest BCUT2D eigenvalue weighted by molar-refractivity contribution is 7.05. The first kappa shape index (κ1) is 14.4. The van der Waals surface area contributed by atoms with Gasteiger partial charge in [-0.05, 0) is 24.5 Å². The monoisotopic (exact) mass is 299 g/mol. The molecule has 0 saturated heterocycles. The number of aromatic nitrogens is 4. The summed E-state index contributed by atoms with van der Waals surface area (Å²) in [4.78, 5) is 1.12. The lowest BCUT2D eigenvalue weighted by atomic mass is 10.1. The van der Waals surface area contributed by atoms with Crippen LogP contribution in [-0.4, -0.2) is 25.9 Å². The fourth-order valence-corrected chi connectivity index (χ4v) is 3.03. The standard InChI is InChI=1S/C12H18ClN5S/c1-4-8-12(13)10(18(3)16-8)6-9(14-5-2)11-7-15-17-19-11/h7,9,14H,4-6H2,1-3H3. The second-order valence-corrected chi connectivity index (χ2v) is 5.51. The molecule has 0 amide bonds. The van der Waals surface area contributed by atoms with Crippen molar-refractivity contribution in [2.45, 2.75) is 32.7 Å². The molecule has 1 unspecified atom stereocenters. The molecule has 104 valence electrons. The van der Waals surface area contributed by atoms with E-state index < -0.39 is 0 Å². The lowest BCUT2D eigenvalue weighted by molar-refractivity contribution is 0.535. The van der Waals surface area contributed by atoms with Crippen molar-refractivity contribution in [3.05, 3.63) is 27.5 Å². The zero-order valence-corrected chi connectivity index (χ0v) is 12.9. The van der Waals surface area contributed by atoms with Gasteiger partial charge in [0, 0.05) is 13.5 Å². The zero-order valence-electron chi connectivity index (χ0n) is 11.4. The molecule has 0 bridgehead atoms. The van der Waals surface area contributed by atoms with Crippen molar-refractivity contribution in [1.82, 2.24) is 24.7 Å². The van der Waals surface area contributed by atoms with Gasteiger partial charge < -0.3 is 5.32 Å². The van der Waals surface area contributed by atoms with Gasteiger partial charge in [0.25, 0.3) is 0 Å². The normalized spacial score (nSPS) is 12.8. The van der Waals surface area contributed by atoms with E-state index in [0.717, 1.165) is 40.7 Å². The quantitative estimate of drug-likeness (QED) is 0.890. The Morgan fingerprint density at radius 2 is 2.26 bits per heavy atom. The fraction of sp³-hybridized carbons (Fsp3) is 0.583. The number of aryl methyl sites for hydroxylation is 2. The molecule has 1 atom stereocenters. The third-order valence-corrected chi connectivity index (χ3v) is 4.29. The highest BCUT2D eigenvalue weighted by Gasteiger charge is 2.20. The van der Waals surface area contributed by atoms with Gasteiger partial charge in [0.15, 0.2) is 0 Å². The van der Waals surface area contributed by atoms with Crippen LogP contribution >= 0.6 is 23.1 Å². The third kappa shape index (κ3) is 3.13. The smallest absolute Gasteiger partial charge is 0.0850 e. The van der Waals surface area contributed by atoms with Gasteiger partial charge in [0.05, 0.1) is 33.5 Å². The summed E-state index contributed by atoms with van der Waals surface area (Å²) in [5.74, 6) is 0. The molecule has 0 spiro atoms. The molecule has 0 aliphatic carbocycles. The summed E-state index contributed by atoms with van der Waals surface area (Å²) < 4.78 is 5.80. The lowest BCUT2D eigenvalue weighted by Gasteiger charge is -2.15. The van der Waals surface area contributed by atoms with Gasteiger partial charge in [-0.15, -0.1) is 5.10 Å². The van der Waals surface area contributed by atoms with Gasteiger partial charge in [-0.3, -0.25) is 4.68 Å². The maximum atomic E-state index is 6.40. The van der Waals surface area contributed by atoms with Crippen LogP contribution in [0.4, 0.5) is 0 Å². The molecule has 0 saturated carbocycles. The molecule has 2 rings (SSSR count). The first-order valence-electron chi connectivity index (χ1n) is 6.38. The van der Waals surface area contributed by atoms with Gasteiger partial charge >= 0.3 is 0 Å². The molecule has 5 nitrogen and oxygen atoms in total. The zero-order chi connectivity index (χ0) is 13.8. The van der Waals surface area contributed by atoms with Gasteiger partial charge in [0.1, 0.15) is 0 Å². The average molecular weight is 300 g/mol. The van der Waals surface area contributed by atoms with Crippen molar-refractivity contribution in [2.24, 2.45) is 7.05 Å². The van der Waals surface area contributed by atoms with Gasteiger partial charge in [-0.2, -0.15) is 5.10 Å². The SMILES string of the molecule is CCNC(Cc1c(Cl)c(CC)nn1C)c1cnns1. The summed E-state index contributed by atoms with van der Waals surface area (Å²) in [6.45, 7) is 5.04. The van der Waals surface area contributed by atoms with Crippen LogP contribution in [0.3, 0.4) is 0 Å². The minimum absolute atomic E-state index is 0.183. The van der Waals surface area contributed by atoms with Crippen LogP contribution in [0.25, 0.3) is 0 Å². The van der Waals surface area contributed by atoms with Crippen LogP contribution < -0.4 is 5.32 Å². The minimum atomic E-state index is 0.183. The van der Waals surface area contributed by atoms with Gasteiger partial charge in [0.2, 0.25) is 0 Å². The molecule has 0 aromatic carbocycles. The van der Waals surface area contributed by atoms with E-state index in [0.29, 0.717) is 0 Å². The van der Waals surface area contributed by atoms with Crippen molar-refractivity contribution < 1.29 is 0 Å². The Kier molecular flexibility index (Phi) is 4.90. The number of rotatable bonds is 6. The predicted octanol–water partition coefficient (Wildman–Crippen LogP) is 2.38. The number of hydrogen-bond donors (Lipinski definition) is 1. The Labute approximate surface area is 122 Å². The third-order valence-electron chi connectivity index (χ3n) is 3.07. The molecule has 0 radical (unpaired) electrons. The summed E-state index contributed by atoms with van der Waals surface area (Å²) >= 11 is 7.81. The van der Waals surface area contributed by atoms with E-state index in [4.69, 9.17) is 11.6 Å². The Hall–Kier alpha value is -0.980. The molecule has 7 heteroatoms. The molecule has 0 aliphatic rings. The second-order valence-electron chi connectivity index (χ2n) is 4.32. The molecule has 0 aliphatic heterocycles. The van der Waals surface area contributed by atoms with E-state index in [9.17, 15) is 0 Å². The minimum Gasteiger partial charge on any atom is -0.309 e. The summed E-state index contributed by atoms with van der Waals surface area (Å²) in [5.41, 5.74) is 2.01. The topological polar surface area (TPSA) is 55.6 Å². The highest BCUT2D eigenvalue weighted by atomic mass is 35.5. The molecule has 2 aromatic heterocycles. The van der Waals surface area contributed by atoms with Crippen molar-refractivity contribution in [1.29, 1.82) is 0 Å². The predicted molar refractivity (Wildman–Crippen MR) is 77.6 cm³/mol. The number of nitrogens with zero attached hydrogens (tertiary/aromatic N) is 4. The summed E-state index contributed by atoms with van der Waals surface area (Å²) in [7, 11) is 1.94. The van der Waals surface area contributed by atoms with Crippen molar-refractivity contribution in [2.75, 3.05) is 6.54 Å². The maximum Gasteiger partial charge on any atom is 0.0850 e. The Morgan fingerprint density at radius 3 is 2.79 bits per heavy atom. The van der Waals surface area contributed by atoms with Gasteiger partial charge in [-0.25, -0.2) is 0 Å². The van der Waals surface area contributed by atoms with Crippen LogP contribution in [0.2, 0.25) is 5.02 Å². The number of likely N-dealkylation sites (N-methyl/N-ethyl adjacent to an activating group) is 1. The van der Waals surface area contributed by atoms with E-state index >= 15 is 0 Å². The summed E-state index contributed by atoms with van der Waals surface area (Å²) in [6, 6.07) is 0.183. The molecule has 0 fully saturated rings. The number of hydrogen-bond acceptors (Lipinski definition) is 5. The van der Waals surface area contributed by atoms with Crippen LogP contribution in [-0.2, 0) is 19.9 Å². The molecule has 1 N–H and O–H groups in total. The largest absolute Gasteiger partial charge is 0.309 e. The van der Waals surface area contributed by atoms with E-state index in [1.165, 1.54) is 11.5 Å². The van der Waals surface area contributed by atoms with Crippen molar-refractivity contribution in [3.8, 4) is 0 Å². The van der Waals surface area contributed by atoms with Crippen LogP contribution in [0.15, 0.2) is 6.20 Å². The van der Waals surface area contributed by atoms with E-state index in [-0.39, 0.29) is 6.04 Å². The molecule has 2 aromatic rings. The van der Waals surface area contributed by atoms with E-state index in [1.807, 2.05) is 17.9 Å². The first-order valence-corrected chi connectivity index (χ1v) is 7.53. The molecule has 2 heterocycles. The molecular weight excluding hydrogens is 282 g/mol. The van der Waals surface area contributed by atoms with Crippen LogP contribution in [0, 0.1) is 0 Å². The van der Waals surface area contributed by atoms with Crippen molar-refractivity contribution >= 4 is 23.1 Å². The van der Waals surface area contributed by atoms with E-state index in [2.05, 4.69) is 33.8 Å². The molecule has 19 heavy (non-hydrogen) atoms. The van der Waals surface area contributed by atoms with Crippen LogP contribution in [0.5, 0.6) is 0 Å². The van der Waals surface area contributed by atoms with Gasteiger partial charge in [-0.1, -0.05) is 29.9 Å². The number of halogens is 1. The first-order chi connectivity index (χ1) is 9.17. The summed E-state index contributed by atoms with van der Waals surface area (Å²) in [5, 5.41) is 12.6. The maximum absolute atomic E-state index is 6.40. The lowest BCUT2D eigenvalue weighted by Crippen LogP contribution is -2.23. The van der Waals surface area contributed by atoms with Crippen LogP contribution in [0.1, 0.15) is 36.2 Å². The van der Waals surface area contributed by atoms with E-state index in [1.54, 1.807) is 0 Å². The molecular formula is C12H18ClN5S. The fourth-order valence-electron chi connectivity index (χ4n) is 2.08. The Morgan fingerprint density at radius 1 is 1.47 bits per heavy atom. The Balaban J connectivity index is 2.24. The highest BCUT2D eigenvalue weighted by Crippen LogP contribution is 2.27.